The lowest BCUT2D eigenvalue weighted by Crippen LogP contribution is -2.27. The van der Waals surface area contributed by atoms with E-state index in [9.17, 15) is 14.4 Å². The van der Waals surface area contributed by atoms with Gasteiger partial charge in [-0.2, -0.15) is 0 Å². The van der Waals surface area contributed by atoms with E-state index in [-0.39, 0.29) is 24.3 Å². The minimum Gasteiger partial charge on any atom is -0.376 e. The van der Waals surface area contributed by atoms with Crippen LogP contribution in [0.2, 0.25) is 0 Å². The van der Waals surface area contributed by atoms with Crippen LogP contribution < -0.4 is 16.0 Å². The maximum Gasteiger partial charge on any atom is 0.255 e. The molecule has 1 saturated heterocycles. The highest BCUT2D eigenvalue weighted by Crippen LogP contribution is 2.18. The van der Waals surface area contributed by atoms with Crippen LogP contribution in [-0.2, 0) is 4.79 Å². The third-order valence-electron chi connectivity index (χ3n) is 5.40. The van der Waals surface area contributed by atoms with Gasteiger partial charge in [-0.15, -0.1) is 0 Å². The van der Waals surface area contributed by atoms with E-state index in [0.29, 0.717) is 28.2 Å². The molecule has 3 aromatic carbocycles. The molecule has 33 heavy (non-hydrogen) atoms. The normalized spacial score (nSPS) is 12.8. The molecule has 7 heteroatoms. The molecule has 4 rings (SSSR count). The van der Waals surface area contributed by atoms with Gasteiger partial charge >= 0.3 is 0 Å². The molecular weight excluding hydrogens is 416 g/mol. The van der Waals surface area contributed by atoms with Crippen molar-refractivity contribution in [3.05, 3.63) is 90.0 Å². The number of nitrogens with one attached hydrogen (secondary N) is 3. The van der Waals surface area contributed by atoms with Crippen LogP contribution in [0.5, 0.6) is 0 Å². The van der Waals surface area contributed by atoms with Crippen LogP contribution in [0.25, 0.3) is 0 Å². The summed E-state index contributed by atoms with van der Waals surface area (Å²) in [7, 11) is 0. The second-order valence-electron chi connectivity index (χ2n) is 7.88. The number of amides is 3. The second kappa shape index (κ2) is 10.5. The number of rotatable bonds is 7. The van der Waals surface area contributed by atoms with Crippen molar-refractivity contribution in [2.24, 2.45) is 0 Å². The number of hydrogen-bond acceptors (Lipinski definition) is 4. The fourth-order valence-corrected chi connectivity index (χ4v) is 3.72. The molecule has 1 fully saturated rings. The van der Waals surface area contributed by atoms with Gasteiger partial charge in [0.25, 0.3) is 11.8 Å². The first kappa shape index (κ1) is 22.1. The summed E-state index contributed by atoms with van der Waals surface area (Å²) in [6, 6.07) is 23.1. The van der Waals surface area contributed by atoms with Gasteiger partial charge in [-0.3, -0.25) is 14.4 Å². The van der Waals surface area contributed by atoms with Crippen molar-refractivity contribution in [2.45, 2.75) is 12.8 Å². The number of nitrogens with zero attached hydrogens (tertiary/aromatic N) is 1. The lowest BCUT2D eigenvalue weighted by Gasteiger charge is -2.16. The topological polar surface area (TPSA) is 90.5 Å². The Morgan fingerprint density at radius 3 is 2.09 bits per heavy atom. The van der Waals surface area contributed by atoms with E-state index in [2.05, 4.69) is 16.0 Å². The smallest absolute Gasteiger partial charge is 0.255 e. The van der Waals surface area contributed by atoms with Crippen molar-refractivity contribution in [3.8, 4) is 0 Å². The van der Waals surface area contributed by atoms with Crippen LogP contribution in [0.15, 0.2) is 78.9 Å². The number of anilines is 3. The summed E-state index contributed by atoms with van der Waals surface area (Å²) in [5, 5.41) is 8.71. The summed E-state index contributed by atoms with van der Waals surface area (Å²) in [6.07, 6.45) is 2.09. The largest absolute Gasteiger partial charge is 0.376 e. The quantitative estimate of drug-likeness (QED) is 0.511. The minimum absolute atomic E-state index is 0.0231. The van der Waals surface area contributed by atoms with E-state index in [0.717, 1.165) is 25.9 Å². The fourth-order valence-electron chi connectivity index (χ4n) is 3.72. The Morgan fingerprint density at radius 2 is 1.33 bits per heavy atom. The van der Waals surface area contributed by atoms with Crippen LogP contribution in [0.4, 0.5) is 17.1 Å². The first-order valence-corrected chi connectivity index (χ1v) is 11.0. The summed E-state index contributed by atoms with van der Waals surface area (Å²) >= 11 is 0. The number of benzene rings is 3. The standard InChI is InChI=1S/C26H26N4O3/c31-24(18-27-21-11-6-10-20(16-21)26(33)30-14-4-5-15-30)28-22-12-7-13-23(17-22)29-25(32)19-8-2-1-3-9-19/h1-3,6-13,16-17,27H,4-5,14-15,18H2,(H,28,31)(H,29,32). The Balaban J connectivity index is 1.31. The Bertz CT molecular complexity index is 1140. The molecule has 1 heterocycles. The van der Waals surface area contributed by atoms with Gasteiger partial charge in [-0.05, 0) is 61.4 Å². The van der Waals surface area contributed by atoms with E-state index in [1.165, 1.54) is 0 Å². The molecule has 0 aromatic heterocycles. The van der Waals surface area contributed by atoms with Gasteiger partial charge in [0.15, 0.2) is 0 Å². The van der Waals surface area contributed by atoms with Crippen LogP contribution >= 0.6 is 0 Å². The molecule has 1 aliphatic rings. The fraction of sp³-hybridized carbons (Fsp3) is 0.192. The molecule has 0 atom stereocenters. The third-order valence-corrected chi connectivity index (χ3v) is 5.40. The number of hydrogen-bond donors (Lipinski definition) is 3. The molecule has 7 nitrogen and oxygen atoms in total. The third kappa shape index (κ3) is 5.98. The molecule has 1 aliphatic heterocycles. The van der Waals surface area contributed by atoms with Gasteiger partial charge < -0.3 is 20.9 Å². The van der Waals surface area contributed by atoms with Gasteiger partial charge in [0.2, 0.25) is 5.91 Å². The van der Waals surface area contributed by atoms with Crippen molar-refractivity contribution >= 4 is 34.8 Å². The number of carbonyl (C=O) groups is 3. The van der Waals surface area contributed by atoms with Crippen molar-refractivity contribution < 1.29 is 14.4 Å². The Hall–Kier alpha value is -4.13. The van der Waals surface area contributed by atoms with Crippen LogP contribution in [-0.4, -0.2) is 42.3 Å². The predicted molar refractivity (Wildman–Crippen MR) is 130 cm³/mol. The molecule has 0 bridgehead atoms. The van der Waals surface area contributed by atoms with Crippen LogP contribution in [0.1, 0.15) is 33.6 Å². The zero-order valence-electron chi connectivity index (χ0n) is 18.2. The van der Waals surface area contributed by atoms with E-state index in [1.807, 2.05) is 23.1 Å². The summed E-state index contributed by atoms with van der Waals surface area (Å²) in [4.78, 5) is 39.2. The first-order valence-electron chi connectivity index (χ1n) is 11.0. The van der Waals surface area contributed by atoms with E-state index in [4.69, 9.17) is 0 Å². The van der Waals surface area contributed by atoms with E-state index < -0.39 is 0 Å². The number of likely N-dealkylation sites (tertiary alicyclic amines) is 1. The van der Waals surface area contributed by atoms with Crippen molar-refractivity contribution in [1.82, 2.24) is 4.90 Å². The van der Waals surface area contributed by atoms with Gasteiger partial charge in [0.05, 0.1) is 6.54 Å². The highest BCUT2D eigenvalue weighted by atomic mass is 16.2. The molecule has 0 spiro atoms. The Labute approximate surface area is 192 Å². The average molecular weight is 443 g/mol. The van der Waals surface area contributed by atoms with Crippen LogP contribution in [0, 0.1) is 0 Å². The molecular formula is C26H26N4O3. The Kier molecular flexibility index (Phi) is 6.99. The lowest BCUT2D eigenvalue weighted by molar-refractivity contribution is -0.114. The molecule has 3 aromatic rings. The van der Waals surface area contributed by atoms with Crippen molar-refractivity contribution in [1.29, 1.82) is 0 Å². The highest BCUT2D eigenvalue weighted by Gasteiger charge is 2.19. The predicted octanol–water partition coefficient (Wildman–Crippen LogP) is 4.23. The molecule has 0 saturated carbocycles. The molecule has 3 amide bonds. The molecule has 0 unspecified atom stereocenters. The maximum absolute atomic E-state index is 12.6. The molecule has 168 valence electrons. The van der Waals surface area contributed by atoms with Crippen molar-refractivity contribution in [2.75, 3.05) is 35.6 Å². The highest BCUT2D eigenvalue weighted by molar-refractivity contribution is 6.04. The SMILES string of the molecule is O=C(CNc1cccc(C(=O)N2CCCC2)c1)Nc1cccc(NC(=O)c2ccccc2)c1. The number of carbonyl (C=O) groups excluding carboxylic acids is 3. The van der Waals surface area contributed by atoms with Gasteiger partial charge in [-0.25, -0.2) is 0 Å². The first-order chi connectivity index (χ1) is 16.1. The maximum atomic E-state index is 12.6. The molecule has 3 N–H and O–H groups in total. The summed E-state index contributed by atoms with van der Waals surface area (Å²) < 4.78 is 0. The van der Waals surface area contributed by atoms with Gasteiger partial charge in [0.1, 0.15) is 0 Å². The lowest BCUT2D eigenvalue weighted by atomic mass is 10.1. The van der Waals surface area contributed by atoms with Crippen LogP contribution in [0.3, 0.4) is 0 Å². The second-order valence-corrected chi connectivity index (χ2v) is 7.88. The zero-order chi connectivity index (χ0) is 23.0. The molecule has 0 radical (unpaired) electrons. The van der Waals surface area contributed by atoms with Gasteiger partial charge in [-0.1, -0.05) is 30.3 Å². The average Bonchev–Trinajstić information content (AvgIpc) is 3.38. The Morgan fingerprint density at radius 1 is 0.697 bits per heavy atom. The summed E-state index contributed by atoms with van der Waals surface area (Å²) in [6.45, 7) is 1.63. The minimum atomic E-state index is -0.238. The van der Waals surface area contributed by atoms with Gasteiger partial charge in [0, 0.05) is 41.3 Å². The van der Waals surface area contributed by atoms with E-state index >= 15 is 0 Å². The zero-order valence-corrected chi connectivity index (χ0v) is 18.2. The monoisotopic (exact) mass is 442 g/mol. The summed E-state index contributed by atoms with van der Waals surface area (Å²) in [5.74, 6) is -0.433. The summed E-state index contributed by atoms with van der Waals surface area (Å²) in [5.41, 5.74) is 3.04. The molecule has 0 aliphatic carbocycles. The van der Waals surface area contributed by atoms with Crippen molar-refractivity contribution in [3.63, 3.8) is 0 Å². The van der Waals surface area contributed by atoms with E-state index in [1.54, 1.807) is 60.7 Å².